The van der Waals surface area contributed by atoms with Crippen LogP contribution in [0.1, 0.15) is 25.1 Å². The van der Waals surface area contributed by atoms with Crippen LogP contribution in [0.4, 0.5) is 0 Å². The molecule has 3 nitrogen and oxygen atoms in total. The lowest BCUT2D eigenvalue weighted by Gasteiger charge is -2.12. The van der Waals surface area contributed by atoms with Crippen LogP contribution >= 0.6 is 0 Å². The fourth-order valence-corrected chi connectivity index (χ4v) is 6.43. The number of benzene rings is 5. The van der Waals surface area contributed by atoms with E-state index in [2.05, 4.69) is 126 Å². The molecule has 0 saturated carbocycles. The topological polar surface area (TPSA) is 43.8 Å². The lowest BCUT2D eigenvalue weighted by atomic mass is 9.98. The normalized spacial score (nSPS) is 12.5. The summed E-state index contributed by atoms with van der Waals surface area (Å²) in [5.41, 5.74) is 18.0. The highest BCUT2D eigenvalue weighted by Crippen LogP contribution is 2.39. The van der Waals surface area contributed by atoms with Crippen molar-refractivity contribution in [2.24, 2.45) is 5.73 Å². The second-order valence-electron chi connectivity index (χ2n) is 11.4. The predicted molar refractivity (Wildman–Crippen MR) is 198 cm³/mol. The maximum absolute atomic E-state index is 5.89. The Labute approximate surface area is 270 Å². The minimum atomic E-state index is 0.928. The van der Waals surface area contributed by atoms with Crippen molar-refractivity contribution in [3.63, 3.8) is 0 Å². The first-order chi connectivity index (χ1) is 22.6. The third kappa shape index (κ3) is 5.02. The molecule has 222 valence electrons. The zero-order valence-corrected chi connectivity index (χ0v) is 26.1. The first kappa shape index (κ1) is 28.8. The molecule has 0 fully saturated rings. The maximum Gasteiger partial charge on any atom is 0.0698 e. The van der Waals surface area contributed by atoms with Gasteiger partial charge in [-0.05, 0) is 83.0 Å². The third-order valence-corrected chi connectivity index (χ3v) is 8.76. The van der Waals surface area contributed by atoms with Gasteiger partial charge in [-0.25, -0.2) is 0 Å². The van der Waals surface area contributed by atoms with Gasteiger partial charge in [-0.1, -0.05) is 116 Å². The summed E-state index contributed by atoms with van der Waals surface area (Å²) in [7, 11) is 0. The Kier molecular flexibility index (Phi) is 7.66. The Morgan fingerprint density at radius 3 is 2.07 bits per heavy atom. The number of nitrogens with zero attached hydrogens (tertiary/aromatic N) is 2. The second-order valence-corrected chi connectivity index (χ2v) is 11.4. The van der Waals surface area contributed by atoms with E-state index in [0.29, 0.717) is 0 Å². The molecule has 2 heterocycles. The van der Waals surface area contributed by atoms with Gasteiger partial charge >= 0.3 is 0 Å². The van der Waals surface area contributed by atoms with Gasteiger partial charge in [0, 0.05) is 39.8 Å². The molecule has 7 aromatic rings. The molecular formula is C43H35N3. The van der Waals surface area contributed by atoms with Crippen molar-refractivity contribution in [1.29, 1.82) is 0 Å². The Balaban J connectivity index is 1.39. The van der Waals surface area contributed by atoms with Gasteiger partial charge in [0.1, 0.15) is 0 Å². The average Bonchev–Trinajstić information content (AvgIpc) is 3.46. The van der Waals surface area contributed by atoms with Gasteiger partial charge in [-0.15, -0.1) is 0 Å². The number of pyridine rings is 1. The first-order valence-electron chi connectivity index (χ1n) is 15.6. The predicted octanol–water partition coefficient (Wildman–Crippen LogP) is 11.1. The van der Waals surface area contributed by atoms with Gasteiger partial charge in [0.25, 0.3) is 0 Å². The van der Waals surface area contributed by atoms with E-state index in [0.717, 1.165) is 44.8 Å². The van der Waals surface area contributed by atoms with Gasteiger partial charge in [-0.2, -0.15) is 0 Å². The standard InChI is InChI=1S/C43H35N3/c1-4-10-35(27-44)31-15-13-30(14-16-31)33-18-22-39-40-23-19-34-25-32(36-20-24-41(45-28-36)29(5-2)6-3)17-21-38(34)43(40)46(42(39)26-33)37-11-8-7-9-12-37/h4-28H,2,44H2,1,3H3/b10-4-,29-6+,35-27+. The Hall–Kier alpha value is -5.93. The average molecular weight is 594 g/mol. The zero-order chi connectivity index (χ0) is 31.6. The van der Waals surface area contributed by atoms with Crippen LogP contribution in [0.5, 0.6) is 0 Å². The lowest BCUT2D eigenvalue weighted by molar-refractivity contribution is 1.19. The summed E-state index contributed by atoms with van der Waals surface area (Å²) in [6.45, 7) is 7.92. The van der Waals surface area contributed by atoms with Crippen molar-refractivity contribution in [3.8, 4) is 27.9 Å². The number of nitrogens with two attached hydrogens (primary N) is 1. The number of hydrogen-bond donors (Lipinski definition) is 1. The molecule has 2 aromatic heterocycles. The van der Waals surface area contributed by atoms with Crippen LogP contribution < -0.4 is 5.73 Å². The molecule has 0 amide bonds. The van der Waals surface area contributed by atoms with Gasteiger partial charge in [-0.3, -0.25) is 4.98 Å². The van der Waals surface area contributed by atoms with E-state index < -0.39 is 0 Å². The highest BCUT2D eigenvalue weighted by atomic mass is 15.0. The molecule has 0 aliphatic rings. The van der Waals surface area contributed by atoms with Gasteiger partial charge in [0.15, 0.2) is 0 Å². The van der Waals surface area contributed by atoms with E-state index in [1.165, 1.54) is 38.1 Å². The summed E-state index contributed by atoms with van der Waals surface area (Å²) < 4.78 is 2.41. The minimum Gasteiger partial charge on any atom is -0.404 e. The van der Waals surface area contributed by atoms with Crippen LogP contribution in [0, 0.1) is 0 Å². The summed E-state index contributed by atoms with van der Waals surface area (Å²) in [6, 6.07) is 41.5. The summed E-state index contributed by atoms with van der Waals surface area (Å²) in [5.74, 6) is 0. The smallest absolute Gasteiger partial charge is 0.0698 e. The van der Waals surface area contributed by atoms with Crippen molar-refractivity contribution in [1.82, 2.24) is 9.55 Å². The molecule has 0 aliphatic carbocycles. The van der Waals surface area contributed by atoms with Crippen molar-refractivity contribution < 1.29 is 0 Å². The van der Waals surface area contributed by atoms with Crippen molar-refractivity contribution in [2.75, 3.05) is 0 Å². The number of fused-ring (bicyclic) bond motifs is 5. The van der Waals surface area contributed by atoms with Crippen LogP contribution in [0.3, 0.4) is 0 Å². The molecule has 5 aromatic carbocycles. The fraction of sp³-hybridized carbons (Fsp3) is 0.0465. The van der Waals surface area contributed by atoms with Crippen LogP contribution in [0.2, 0.25) is 0 Å². The molecule has 0 spiro atoms. The Bertz CT molecular complexity index is 2320. The van der Waals surface area contributed by atoms with Gasteiger partial charge in [0.05, 0.1) is 16.7 Å². The fourth-order valence-electron chi connectivity index (χ4n) is 6.43. The van der Waals surface area contributed by atoms with Crippen molar-refractivity contribution in [3.05, 3.63) is 170 Å². The summed E-state index contributed by atoms with van der Waals surface area (Å²) in [5, 5.41) is 4.87. The SMILES string of the molecule is C=C/C(=C\C)c1ccc(-c2ccc3c(ccc4c5ccc(-c6ccc(C(/C=C\C)=C/N)cc6)cc5n(-c5ccccc5)c34)c2)cn1. The highest BCUT2D eigenvalue weighted by Gasteiger charge is 2.16. The molecular weight excluding hydrogens is 558 g/mol. The molecule has 3 heteroatoms. The minimum absolute atomic E-state index is 0.928. The third-order valence-electron chi connectivity index (χ3n) is 8.76. The van der Waals surface area contributed by atoms with E-state index in [9.17, 15) is 0 Å². The maximum atomic E-state index is 5.89. The highest BCUT2D eigenvalue weighted by molar-refractivity contribution is 6.19. The number of allylic oxidation sites excluding steroid dienone is 6. The molecule has 0 aliphatic heterocycles. The molecule has 7 rings (SSSR count). The zero-order valence-electron chi connectivity index (χ0n) is 26.1. The molecule has 46 heavy (non-hydrogen) atoms. The first-order valence-corrected chi connectivity index (χ1v) is 15.6. The molecule has 0 atom stereocenters. The Morgan fingerprint density at radius 2 is 1.39 bits per heavy atom. The molecule has 0 radical (unpaired) electrons. The summed E-state index contributed by atoms with van der Waals surface area (Å²) in [6.07, 6.45) is 11.5. The van der Waals surface area contributed by atoms with E-state index in [1.54, 1.807) is 6.20 Å². The van der Waals surface area contributed by atoms with Crippen LogP contribution in [-0.2, 0) is 0 Å². The monoisotopic (exact) mass is 593 g/mol. The quantitative estimate of drug-likeness (QED) is 0.187. The summed E-state index contributed by atoms with van der Waals surface area (Å²) in [4.78, 5) is 4.71. The van der Waals surface area contributed by atoms with E-state index >= 15 is 0 Å². The van der Waals surface area contributed by atoms with Crippen molar-refractivity contribution in [2.45, 2.75) is 13.8 Å². The molecule has 0 bridgehead atoms. The molecule has 0 unspecified atom stereocenters. The largest absolute Gasteiger partial charge is 0.404 e. The number of hydrogen-bond acceptors (Lipinski definition) is 2. The van der Waals surface area contributed by atoms with E-state index in [1.807, 2.05) is 44.3 Å². The van der Waals surface area contributed by atoms with Gasteiger partial charge < -0.3 is 10.3 Å². The number of rotatable bonds is 7. The van der Waals surface area contributed by atoms with E-state index in [-0.39, 0.29) is 0 Å². The van der Waals surface area contributed by atoms with Gasteiger partial charge in [0.2, 0.25) is 0 Å². The van der Waals surface area contributed by atoms with Crippen molar-refractivity contribution >= 4 is 43.7 Å². The van der Waals surface area contributed by atoms with Crippen LogP contribution in [0.25, 0.3) is 71.7 Å². The number of aromatic nitrogens is 2. The molecule has 2 N–H and O–H groups in total. The Morgan fingerprint density at radius 1 is 0.696 bits per heavy atom. The summed E-state index contributed by atoms with van der Waals surface area (Å²) >= 11 is 0. The van der Waals surface area contributed by atoms with Crippen LogP contribution in [0.15, 0.2) is 159 Å². The second kappa shape index (κ2) is 12.2. The lowest BCUT2D eigenvalue weighted by Crippen LogP contribution is -1.94. The van der Waals surface area contributed by atoms with E-state index in [4.69, 9.17) is 10.7 Å². The van der Waals surface area contributed by atoms with Crippen LogP contribution in [-0.4, -0.2) is 9.55 Å². The number of para-hydroxylation sites is 1. The molecule has 0 saturated heterocycles.